The van der Waals surface area contributed by atoms with E-state index in [0.29, 0.717) is 31.2 Å². The number of fused-ring (bicyclic) bond motifs is 1. The van der Waals surface area contributed by atoms with Crippen molar-refractivity contribution in [3.05, 3.63) is 77.6 Å². The van der Waals surface area contributed by atoms with Crippen LogP contribution in [0.5, 0.6) is 0 Å². The minimum Gasteiger partial charge on any atom is -0.468 e. The van der Waals surface area contributed by atoms with Gasteiger partial charge in [-0.1, -0.05) is 70.4 Å². The lowest BCUT2D eigenvalue weighted by Crippen LogP contribution is -2.25. The molecule has 0 aliphatic rings. The molecule has 3 unspecified atom stereocenters. The van der Waals surface area contributed by atoms with Gasteiger partial charge in [-0.3, -0.25) is 9.78 Å². The van der Waals surface area contributed by atoms with Crippen molar-refractivity contribution in [1.82, 2.24) is 4.98 Å². The number of hydrogen-bond donors (Lipinski definition) is 2. The zero-order valence-corrected chi connectivity index (χ0v) is 27.5. The predicted octanol–water partition coefficient (Wildman–Crippen LogP) is 7.58. The van der Waals surface area contributed by atoms with Crippen LogP contribution in [0.4, 0.5) is 8.78 Å². The number of Topliss-reactive ketones (excluding diaryl/α,β-unsaturated/α-hetero) is 1. The van der Waals surface area contributed by atoms with E-state index in [2.05, 4.69) is 34.2 Å². The highest BCUT2D eigenvalue weighted by Crippen LogP contribution is 2.35. The molecule has 0 aliphatic carbocycles. The number of carbonyl (C=O) groups excluding carboxylic acids is 2. The largest absolute Gasteiger partial charge is 0.468 e. The Balaban J connectivity index is 0. The molecule has 0 saturated heterocycles. The Morgan fingerprint density at radius 3 is 2.21 bits per heavy atom. The quantitative estimate of drug-likeness (QED) is 0.192. The van der Waals surface area contributed by atoms with E-state index in [0.717, 1.165) is 24.6 Å². The SMILES string of the molecule is C=P(C)(O)CCC(N)CC(C)COC=O.CC.CC(C)=O.CCc1cccc(F)c1F.Cc1cc2ccccc2cn1. The number of benzene rings is 2. The number of aromatic nitrogens is 1. The maximum absolute atomic E-state index is 12.6. The molecule has 9 heteroatoms. The van der Waals surface area contributed by atoms with Gasteiger partial charge in [0.2, 0.25) is 0 Å². The maximum Gasteiger partial charge on any atom is 0.293 e. The number of halogens is 2. The summed E-state index contributed by atoms with van der Waals surface area (Å²) >= 11 is 0. The summed E-state index contributed by atoms with van der Waals surface area (Å²) in [6, 6.07) is 14.6. The number of nitrogens with two attached hydrogens (primary N) is 1. The van der Waals surface area contributed by atoms with Crippen LogP contribution in [0.25, 0.3) is 10.8 Å². The predicted molar refractivity (Wildman–Crippen MR) is 175 cm³/mol. The van der Waals surface area contributed by atoms with Crippen molar-refractivity contribution in [1.29, 1.82) is 0 Å². The summed E-state index contributed by atoms with van der Waals surface area (Å²) in [5.41, 5.74) is 7.39. The third-order valence-corrected chi connectivity index (χ3v) is 6.54. The van der Waals surface area contributed by atoms with E-state index in [9.17, 15) is 23.3 Å². The van der Waals surface area contributed by atoms with Crippen molar-refractivity contribution in [2.45, 2.75) is 73.8 Å². The topological polar surface area (TPSA) is 103 Å². The monoisotopic (exact) mass is 608 g/mol. The molecule has 236 valence electrons. The highest BCUT2D eigenvalue weighted by atomic mass is 31.2. The molecule has 0 bridgehead atoms. The second-order valence-corrected chi connectivity index (χ2v) is 13.2. The molecule has 3 aromatic rings. The minimum atomic E-state index is -1.95. The Morgan fingerprint density at radius 2 is 1.71 bits per heavy atom. The molecule has 0 amide bonds. The zero-order chi connectivity index (χ0) is 32.7. The van der Waals surface area contributed by atoms with Crippen LogP contribution >= 0.6 is 7.11 Å². The second-order valence-electron chi connectivity index (χ2n) is 10.0. The van der Waals surface area contributed by atoms with Gasteiger partial charge >= 0.3 is 0 Å². The molecule has 2 aromatic carbocycles. The first-order valence-electron chi connectivity index (χ1n) is 14.1. The van der Waals surface area contributed by atoms with Gasteiger partial charge in [-0.2, -0.15) is 0 Å². The van der Waals surface area contributed by atoms with Gasteiger partial charge in [0, 0.05) is 23.3 Å². The number of ketones is 1. The van der Waals surface area contributed by atoms with E-state index in [-0.39, 0.29) is 17.7 Å². The summed E-state index contributed by atoms with van der Waals surface area (Å²) in [6.07, 6.45) is 8.41. The van der Waals surface area contributed by atoms with Crippen molar-refractivity contribution in [2.24, 2.45) is 11.7 Å². The molecule has 0 saturated carbocycles. The van der Waals surface area contributed by atoms with Crippen LogP contribution in [0.15, 0.2) is 54.7 Å². The van der Waals surface area contributed by atoms with E-state index in [1.807, 2.05) is 46.0 Å². The lowest BCUT2D eigenvalue weighted by atomic mass is 10.0. The summed E-state index contributed by atoms with van der Waals surface area (Å²) in [4.78, 5) is 33.1. The lowest BCUT2D eigenvalue weighted by Gasteiger charge is -2.18. The minimum absolute atomic E-state index is 0.0449. The molecule has 0 spiro atoms. The van der Waals surface area contributed by atoms with Crippen LogP contribution in [-0.4, -0.2) is 53.9 Å². The van der Waals surface area contributed by atoms with Gasteiger partial charge in [-0.15, -0.1) is 0 Å². The van der Waals surface area contributed by atoms with Crippen LogP contribution in [0.1, 0.15) is 65.6 Å². The van der Waals surface area contributed by atoms with Crippen molar-refractivity contribution < 1.29 is 28.0 Å². The van der Waals surface area contributed by atoms with Crippen molar-refractivity contribution >= 4 is 36.4 Å². The maximum atomic E-state index is 12.6. The second kappa shape index (κ2) is 23.6. The normalized spacial score (nSPS) is 12.6. The van der Waals surface area contributed by atoms with Crippen LogP contribution in [0.2, 0.25) is 0 Å². The van der Waals surface area contributed by atoms with Gasteiger partial charge in [-0.25, -0.2) is 8.78 Å². The van der Waals surface area contributed by atoms with Crippen molar-refractivity contribution in [3.63, 3.8) is 0 Å². The standard InChI is InChI=1S/C10H22NO3P.C10H9N.C8H8F2.C3H6O.C2H6/c1-9(7-14-8-12)6-10(11)4-5-15(2,3)13;1-8-6-9-4-2-3-5-10(9)7-11-8;1-2-6-4-3-5-7(9)8(6)10;1-3(2)4;1-2/h8-10,13H,2,4-7,11H2,1,3H3;2-7H,1H3;3-5H,2H2,1H3;1-2H3;1-2H3. The average Bonchev–Trinajstić information content (AvgIpc) is 2.93. The number of rotatable bonds is 9. The lowest BCUT2D eigenvalue weighted by molar-refractivity contribution is -0.129. The molecular weight excluding hydrogens is 557 g/mol. The Kier molecular flexibility index (Phi) is 23.2. The van der Waals surface area contributed by atoms with Crippen LogP contribution in [0.3, 0.4) is 0 Å². The Morgan fingerprint density at radius 1 is 1.14 bits per heavy atom. The summed E-state index contributed by atoms with van der Waals surface area (Å²) in [7, 11) is -1.95. The van der Waals surface area contributed by atoms with Gasteiger partial charge in [-0.05, 0) is 89.0 Å². The fraction of sp³-hybridized carbons (Fsp3) is 0.455. The van der Waals surface area contributed by atoms with Gasteiger partial charge in [0.15, 0.2) is 11.6 Å². The van der Waals surface area contributed by atoms with Crippen LogP contribution in [0, 0.1) is 24.5 Å². The zero-order valence-electron chi connectivity index (χ0n) is 26.6. The molecule has 0 fully saturated rings. The van der Waals surface area contributed by atoms with Crippen LogP contribution < -0.4 is 5.73 Å². The third kappa shape index (κ3) is 21.8. The molecule has 6 nitrogen and oxygen atoms in total. The number of carbonyl (C=O) groups is 2. The fourth-order valence-corrected chi connectivity index (χ4v) is 4.25. The Hall–Kier alpha value is -2.93. The van der Waals surface area contributed by atoms with E-state index >= 15 is 0 Å². The van der Waals surface area contributed by atoms with E-state index in [1.54, 1.807) is 19.7 Å². The first-order valence-corrected chi connectivity index (χ1v) is 16.7. The smallest absolute Gasteiger partial charge is 0.293 e. The molecule has 42 heavy (non-hydrogen) atoms. The first kappa shape index (κ1) is 41.2. The molecule has 1 aromatic heterocycles. The molecule has 0 aliphatic heterocycles. The fourth-order valence-electron chi connectivity index (χ4n) is 3.37. The number of pyridine rings is 1. The molecule has 0 radical (unpaired) electrons. The van der Waals surface area contributed by atoms with E-state index in [1.165, 1.54) is 30.7 Å². The number of hydrogen-bond acceptors (Lipinski definition) is 6. The van der Waals surface area contributed by atoms with Gasteiger partial charge in [0.1, 0.15) is 5.78 Å². The average molecular weight is 609 g/mol. The number of aryl methyl sites for hydroxylation is 2. The Labute approximate surface area is 251 Å². The molecular formula is C33H51F2N2O4P. The van der Waals surface area contributed by atoms with E-state index in [4.69, 9.17) is 5.73 Å². The van der Waals surface area contributed by atoms with Crippen molar-refractivity contribution in [3.8, 4) is 0 Å². The summed E-state index contributed by atoms with van der Waals surface area (Å²) < 4.78 is 29.7. The summed E-state index contributed by atoms with van der Waals surface area (Å²) in [5, 5.41) is 2.47. The first-order chi connectivity index (χ1) is 19.7. The summed E-state index contributed by atoms with van der Waals surface area (Å²) in [6.45, 7) is 15.5. The van der Waals surface area contributed by atoms with Gasteiger partial charge in [0.25, 0.3) is 6.47 Å². The summed E-state index contributed by atoms with van der Waals surface area (Å²) in [5.74, 6) is -1.05. The third-order valence-electron chi connectivity index (χ3n) is 5.32. The Bertz CT molecular complexity index is 1210. The molecule has 3 atom stereocenters. The van der Waals surface area contributed by atoms with Gasteiger partial charge in [0.05, 0.1) is 6.61 Å². The molecule has 3 N–H and O–H groups in total. The molecule has 1 heterocycles. The number of nitrogens with zero attached hydrogens (tertiary/aromatic N) is 1. The number of ether oxygens (including phenoxy) is 1. The van der Waals surface area contributed by atoms with E-state index < -0.39 is 18.7 Å². The van der Waals surface area contributed by atoms with Gasteiger partial charge < -0.3 is 20.2 Å². The van der Waals surface area contributed by atoms with Crippen LogP contribution in [-0.2, 0) is 20.7 Å². The molecule has 3 rings (SSSR count). The highest BCUT2D eigenvalue weighted by Gasteiger charge is 2.12. The highest BCUT2D eigenvalue weighted by molar-refractivity contribution is 7.67. The van der Waals surface area contributed by atoms with Crippen molar-refractivity contribution in [2.75, 3.05) is 19.4 Å².